The lowest BCUT2D eigenvalue weighted by atomic mass is 9.71. The van der Waals surface area contributed by atoms with Crippen molar-refractivity contribution in [1.29, 1.82) is 0 Å². The number of nitrogens with one attached hydrogen (secondary N) is 1. The monoisotopic (exact) mass is 284 g/mol. The van der Waals surface area contributed by atoms with Gasteiger partial charge in [-0.2, -0.15) is 0 Å². The molecule has 2 N–H and O–H groups in total. The summed E-state index contributed by atoms with van der Waals surface area (Å²) in [4.78, 5) is 25.0. The molecule has 2 fully saturated rings. The second-order valence-electron chi connectivity index (χ2n) is 6.85. The predicted octanol–water partition coefficient (Wildman–Crippen LogP) is 1.31. The molecule has 6 nitrogen and oxygen atoms in total. The fourth-order valence-corrected chi connectivity index (χ4v) is 3.14. The number of rotatable bonds is 1. The van der Waals surface area contributed by atoms with Crippen LogP contribution in [0.4, 0.5) is 4.79 Å². The highest BCUT2D eigenvalue weighted by atomic mass is 16.6. The van der Waals surface area contributed by atoms with Gasteiger partial charge in [-0.1, -0.05) is 0 Å². The Morgan fingerprint density at radius 2 is 1.90 bits per heavy atom. The van der Waals surface area contributed by atoms with E-state index in [0.717, 1.165) is 19.4 Å². The van der Waals surface area contributed by atoms with Crippen molar-refractivity contribution in [3.05, 3.63) is 0 Å². The lowest BCUT2D eigenvalue weighted by molar-refractivity contribution is -0.145. The summed E-state index contributed by atoms with van der Waals surface area (Å²) in [6.45, 7) is 7.93. The molecule has 0 aromatic heterocycles. The molecule has 2 aliphatic heterocycles. The van der Waals surface area contributed by atoms with Crippen LogP contribution in [0.25, 0.3) is 0 Å². The van der Waals surface area contributed by atoms with Crippen LogP contribution in [0, 0.1) is 11.3 Å². The molecule has 1 atom stereocenters. The third-order valence-electron chi connectivity index (χ3n) is 4.27. The van der Waals surface area contributed by atoms with Crippen LogP contribution in [0.2, 0.25) is 0 Å². The number of likely N-dealkylation sites (tertiary alicyclic amines) is 1. The minimum atomic E-state index is -0.735. The van der Waals surface area contributed by atoms with Crippen molar-refractivity contribution in [1.82, 2.24) is 10.2 Å². The van der Waals surface area contributed by atoms with Crippen molar-refractivity contribution in [2.24, 2.45) is 11.3 Å². The molecule has 1 unspecified atom stereocenters. The van der Waals surface area contributed by atoms with E-state index in [2.05, 4.69) is 5.32 Å². The standard InChI is InChI=1S/C14H24N2O4/c1-13(2,3)20-12(19)16-6-4-14(5-7-16)9-15-8-10(14)11(17)18/h10,15H,4-9H2,1-3H3,(H,17,18). The highest BCUT2D eigenvalue weighted by Gasteiger charge is 2.49. The molecule has 0 aromatic carbocycles. The van der Waals surface area contributed by atoms with Crippen LogP contribution < -0.4 is 5.32 Å². The fourth-order valence-electron chi connectivity index (χ4n) is 3.14. The van der Waals surface area contributed by atoms with Gasteiger partial charge in [0.1, 0.15) is 5.60 Å². The third kappa shape index (κ3) is 3.06. The molecule has 2 aliphatic rings. The molecule has 0 bridgehead atoms. The molecule has 0 radical (unpaired) electrons. The molecule has 6 heteroatoms. The number of ether oxygens (including phenoxy) is 1. The van der Waals surface area contributed by atoms with E-state index in [0.29, 0.717) is 19.6 Å². The Morgan fingerprint density at radius 1 is 1.30 bits per heavy atom. The topological polar surface area (TPSA) is 78.9 Å². The zero-order valence-electron chi connectivity index (χ0n) is 12.4. The lowest BCUT2D eigenvalue weighted by Gasteiger charge is -2.41. The van der Waals surface area contributed by atoms with Crippen LogP contribution in [-0.2, 0) is 9.53 Å². The van der Waals surface area contributed by atoms with Crippen molar-refractivity contribution in [2.45, 2.75) is 39.2 Å². The van der Waals surface area contributed by atoms with Gasteiger partial charge in [-0.15, -0.1) is 0 Å². The molecular weight excluding hydrogens is 260 g/mol. The van der Waals surface area contributed by atoms with Gasteiger partial charge in [0.25, 0.3) is 0 Å². The molecule has 2 saturated heterocycles. The van der Waals surface area contributed by atoms with E-state index >= 15 is 0 Å². The predicted molar refractivity (Wildman–Crippen MR) is 73.5 cm³/mol. The summed E-state index contributed by atoms with van der Waals surface area (Å²) in [7, 11) is 0. The van der Waals surface area contributed by atoms with Gasteiger partial charge in [0.15, 0.2) is 0 Å². The van der Waals surface area contributed by atoms with E-state index in [1.165, 1.54) is 0 Å². The van der Waals surface area contributed by atoms with Crippen LogP contribution >= 0.6 is 0 Å². The van der Waals surface area contributed by atoms with Gasteiger partial charge in [0.05, 0.1) is 5.92 Å². The molecule has 1 spiro atoms. The first-order valence-electron chi connectivity index (χ1n) is 7.15. The normalized spacial score (nSPS) is 25.8. The van der Waals surface area contributed by atoms with E-state index in [9.17, 15) is 14.7 Å². The van der Waals surface area contributed by atoms with Gasteiger partial charge in [-0.3, -0.25) is 4.79 Å². The first kappa shape index (κ1) is 15.1. The molecular formula is C14H24N2O4. The number of nitrogens with zero attached hydrogens (tertiary/aromatic N) is 1. The maximum Gasteiger partial charge on any atom is 0.410 e. The number of carboxylic acid groups (broad SMARTS) is 1. The summed E-state index contributed by atoms with van der Waals surface area (Å²) < 4.78 is 5.36. The number of aliphatic carboxylic acids is 1. The number of carboxylic acids is 1. The minimum absolute atomic E-state index is 0.204. The Labute approximate surface area is 119 Å². The van der Waals surface area contributed by atoms with Crippen LogP contribution in [0.3, 0.4) is 0 Å². The molecule has 2 rings (SSSR count). The maximum atomic E-state index is 12.0. The Morgan fingerprint density at radius 3 is 2.40 bits per heavy atom. The van der Waals surface area contributed by atoms with Crippen molar-refractivity contribution >= 4 is 12.1 Å². The summed E-state index contributed by atoms with van der Waals surface area (Å²) in [6, 6.07) is 0. The minimum Gasteiger partial charge on any atom is -0.481 e. The SMILES string of the molecule is CC(C)(C)OC(=O)N1CCC2(CC1)CNCC2C(=O)O. The lowest BCUT2D eigenvalue weighted by Crippen LogP contribution is -2.49. The summed E-state index contributed by atoms with van der Waals surface area (Å²) in [6.07, 6.45) is 1.14. The van der Waals surface area contributed by atoms with Gasteiger partial charge in [-0.05, 0) is 33.6 Å². The van der Waals surface area contributed by atoms with Crippen LogP contribution in [0.1, 0.15) is 33.6 Å². The van der Waals surface area contributed by atoms with Crippen molar-refractivity contribution in [3.63, 3.8) is 0 Å². The van der Waals surface area contributed by atoms with E-state index in [4.69, 9.17) is 4.74 Å². The molecule has 0 aromatic rings. The second kappa shape index (κ2) is 5.24. The van der Waals surface area contributed by atoms with E-state index in [-0.39, 0.29) is 17.4 Å². The maximum absolute atomic E-state index is 12.0. The van der Waals surface area contributed by atoms with Crippen molar-refractivity contribution in [3.8, 4) is 0 Å². The number of amides is 1. The second-order valence-corrected chi connectivity index (χ2v) is 6.85. The van der Waals surface area contributed by atoms with Crippen LogP contribution in [0.15, 0.2) is 0 Å². The van der Waals surface area contributed by atoms with Crippen molar-refractivity contribution in [2.75, 3.05) is 26.2 Å². The van der Waals surface area contributed by atoms with E-state index in [1.807, 2.05) is 20.8 Å². The highest BCUT2D eigenvalue weighted by Crippen LogP contribution is 2.41. The number of carbonyl (C=O) groups is 2. The molecule has 20 heavy (non-hydrogen) atoms. The fraction of sp³-hybridized carbons (Fsp3) is 0.857. The quantitative estimate of drug-likeness (QED) is 0.759. The number of piperidine rings is 1. The van der Waals surface area contributed by atoms with Crippen molar-refractivity contribution < 1.29 is 19.4 Å². The van der Waals surface area contributed by atoms with Gasteiger partial charge < -0.3 is 20.1 Å². The molecule has 1 amide bonds. The Hall–Kier alpha value is -1.30. The summed E-state index contributed by atoms with van der Waals surface area (Å²) in [5.41, 5.74) is -0.699. The Bertz CT molecular complexity index is 394. The number of hydrogen-bond acceptors (Lipinski definition) is 4. The summed E-state index contributed by atoms with van der Waals surface area (Å²) in [5.74, 6) is -1.08. The third-order valence-corrected chi connectivity index (χ3v) is 4.27. The average Bonchev–Trinajstić information content (AvgIpc) is 2.71. The average molecular weight is 284 g/mol. The smallest absolute Gasteiger partial charge is 0.410 e. The highest BCUT2D eigenvalue weighted by molar-refractivity contribution is 5.72. The molecule has 2 heterocycles. The number of carbonyl (C=O) groups excluding carboxylic acids is 1. The van der Waals surface area contributed by atoms with Gasteiger partial charge in [0.2, 0.25) is 0 Å². The van der Waals surface area contributed by atoms with Crippen LogP contribution in [-0.4, -0.2) is 53.8 Å². The zero-order valence-corrected chi connectivity index (χ0v) is 12.4. The van der Waals surface area contributed by atoms with Gasteiger partial charge >= 0.3 is 12.1 Å². The first-order chi connectivity index (χ1) is 9.23. The Kier molecular flexibility index (Phi) is 3.95. The largest absolute Gasteiger partial charge is 0.481 e. The number of hydrogen-bond donors (Lipinski definition) is 2. The van der Waals surface area contributed by atoms with Gasteiger partial charge in [0, 0.05) is 31.6 Å². The first-order valence-corrected chi connectivity index (χ1v) is 7.15. The van der Waals surface area contributed by atoms with Crippen LogP contribution in [0.5, 0.6) is 0 Å². The Balaban J connectivity index is 1.95. The molecule has 0 saturated carbocycles. The zero-order chi connectivity index (χ0) is 15.0. The molecule has 114 valence electrons. The molecule has 0 aliphatic carbocycles. The summed E-state index contributed by atoms with van der Waals surface area (Å²) in [5, 5.41) is 12.5. The van der Waals surface area contributed by atoms with E-state index in [1.54, 1.807) is 4.90 Å². The van der Waals surface area contributed by atoms with E-state index < -0.39 is 11.6 Å². The van der Waals surface area contributed by atoms with Gasteiger partial charge in [-0.25, -0.2) is 4.79 Å². The summed E-state index contributed by atoms with van der Waals surface area (Å²) >= 11 is 0.